The van der Waals surface area contributed by atoms with E-state index >= 15 is 0 Å². The maximum absolute atomic E-state index is 13.1. The Bertz CT molecular complexity index is 634. The van der Waals surface area contributed by atoms with Crippen LogP contribution in [0.1, 0.15) is 40.5 Å². The first-order valence-corrected chi connectivity index (χ1v) is 6.68. The first-order chi connectivity index (χ1) is 9.63. The van der Waals surface area contributed by atoms with Crippen LogP contribution in [0.5, 0.6) is 0 Å². The molecule has 1 aliphatic carbocycles. The highest BCUT2D eigenvalue weighted by atomic mass is 19.1. The molecular weight excluding hydrogens is 257 g/mol. The summed E-state index contributed by atoms with van der Waals surface area (Å²) < 4.78 is 13.1. The fourth-order valence-electron chi connectivity index (χ4n) is 2.23. The number of amides is 1. The van der Waals surface area contributed by atoms with Gasteiger partial charge in [0.1, 0.15) is 11.5 Å². The Hall–Kier alpha value is -2.17. The van der Waals surface area contributed by atoms with Crippen molar-refractivity contribution >= 4 is 5.91 Å². The normalized spacial score (nSPS) is 14.3. The lowest BCUT2D eigenvalue weighted by Gasteiger charge is -2.15. The van der Waals surface area contributed by atoms with Crippen molar-refractivity contribution in [1.82, 2.24) is 15.1 Å². The molecule has 1 heterocycles. The largest absolute Gasteiger partial charge is 0.336 e. The van der Waals surface area contributed by atoms with Crippen LogP contribution in [0.3, 0.4) is 0 Å². The fraction of sp³-hybridized carbons (Fsp3) is 0.333. The average Bonchev–Trinajstić information content (AvgIpc) is 3.16. The molecule has 1 aromatic carbocycles. The summed E-state index contributed by atoms with van der Waals surface area (Å²) in [6.45, 7) is 0.363. The minimum absolute atomic E-state index is 0.155. The second kappa shape index (κ2) is 5.07. The standard InChI is InChI=1S/C15H16FN3O/c1-19(9-10-3-2-4-12(16)7-10)15(20)14-8-13(17-18-14)11-5-6-11/h2-4,7-8,11H,5-6,9H2,1H3,(H,17,18). The number of hydrogen-bond acceptors (Lipinski definition) is 2. The molecule has 4 nitrogen and oxygen atoms in total. The number of benzene rings is 1. The maximum atomic E-state index is 13.1. The summed E-state index contributed by atoms with van der Waals surface area (Å²) in [4.78, 5) is 13.8. The smallest absolute Gasteiger partial charge is 0.274 e. The molecule has 1 N–H and O–H groups in total. The van der Waals surface area contributed by atoms with Gasteiger partial charge in [0.15, 0.2) is 0 Å². The van der Waals surface area contributed by atoms with Crippen molar-refractivity contribution in [3.05, 3.63) is 53.1 Å². The van der Waals surface area contributed by atoms with Crippen LogP contribution in [-0.2, 0) is 6.54 Å². The van der Waals surface area contributed by atoms with E-state index in [4.69, 9.17) is 0 Å². The molecular formula is C15H16FN3O. The number of hydrogen-bond donors (Lipinski definition) is 1. The van der Waals surface area contributed by atoms with E-state index in [2.05, 4.69) is 10.2 Å². The predicted molar refractivity (Wildman–Crippen MR) is 72.8 cm³/mol. The zero-order valence-electron chi connectivity index (χ0n) is 11.3. The average molecular weight is 273 g/mol. The van der Waals surface area contributed by atoms with Gasteiger partial charge < -0.3 is 4.90 Å². The van der Waals surface area contributed by atoms with Crippen molar-refractivity contribution in [2.45, 2.75) is 25.3 Å². The van der Waals surface area contributed by atoms with Crippen molar-refractivity contribution in [2.75, 3.05) is 7.05 Å². The first kappa shape index (κ1) is 12.8. The van der Waals surface area contributed by atoms with E-state index in [1.165, 1.54) is 12.1 Å². The SMILES string of the molecule is CN(Cc1cccc(F)c1)C(=O)c1cc(C2CC2)[nH]n1. The van der Waals surface area contributed by atoms with E-state index in [9.17, 15) is 9.18 Å². The van der Waals surface area contributed by atoms with Gasteiger partial charge in [-0.25, -0.2) is 4.39 Å². The molecule has 2 aromatic rings. The third kappa shape index (κ3) is 2.71. The molecule has 0 atom stereocenters. The van der Waals surface area contributed by atoms with Gasteiger partial charge in [0.25, 0.3) is 5.91 Å². The summed E-state index contributed by atoms with van der Waals surface area (Å²) in [6.07, 6.45) is 2.32. The second-order valence-corrected chi connectivity index (χ2v) is 5.27. The third-order valence-corrected chi connectivity index (χ3v) is 3.49. The van der Waals surface area contributed by atoms with E-state index < -0.39 is 0 Å². The van der Waals surface area contributed by atoms with Gasteiger partial charge >= 0.3 is 0 Å². The zero-order chi connectivity index (χ0) is 14.1. The Morgan fingerprint density at radius 1 is 1.45 bits per heavy atom. The number of carbonyl (C=O) groups is 1. The molecule has 0 unspecified atom stereocenters. The minimum Gasteiger partial charge on any atom is -0.336 e. The van der Waals surface area contributed by atoms with Crippen LogP contribution in [0.25, 0.3) is 0 Å². The molecule has 1 aliphatic rings. The number of nitrogens with zero attached hydrogens (tertiary/aromatic N) is 2. The number of aromatic nitrogens is 2. The number of halogens is 1. The highest BCUT2D eigenvalue weighted by molar-refractivity contribution is 5.92. The summed E-state index contributed by atoms with van der Waals surface area (Å²) in [5.74, 6) is 0.0918. The van der Waals surface area contributed by atoms with Crippen molar-refractivity contribution < 1.29 is 9.18 Å². The van der Waals surface area contributed by atoms with E-state index in [0.29, 0.717) is 18.2 Å². The second-order valence-electron chi connectivity index (χ2n) is 5.27. The molecule has 3 rings (SSSR count). The summed E-state index contributed by atoms with van der Waals surface area (Å²) in [5.41, 5.74) is 2.22. The predicted octanol–water partition coefficient (Wildman–Crippen LogP) is 2.70. The van der Waals surface area contributed by atoms with Crippen molar-refractivity contribution in [2.24, 2.45) is 0 Å². The van der Waals surface area contributed by atoms with Gasteiger partial charge in [0, 0.05) is 25.2 Å². The van der Waals surface area contributed by atoms with E-state index in [-0.39, 0.29) is 11.7 Å². The van der Waals surface area contributed by atoms with Crippen molar-refractivity contribution in [1.29, 1.82) is 0 Å². The van der Waals surface area contributed by atoms with Crippen molar-refractivity contribution in [3.63, 3.8) is 0 Å². The Balaban J connectivity index is 1.69. The lowest BCUT2D eigenvalue weighted by atomic mass is 10.2. The Morgan fingerprint density at radius 2 is 2.25 bits per heavy atom. The quantitative estimate of drug-likeness (QED) is 0.931. The van der Waals surface area contributed by atoms with Gasteiger partial charge in [-0.15, -0.1) is 0 Å². The van der Waals surface area contributed by atoms with Crippen molar-refractivity contribution in [3.8, 4) is 0 Å². The topological polar surface area (TPSA) is 49.0 Å². The molecule has 1 amide bonds. The molecule has 5 heteroatoms. The fourth-order valence-corrected chi connectivity index (χ4v) is 2.23. The van der Waals surface area contributed by atoms with Gasteiger partial charge in [0.2, 0.25) is 0 Å². The van der Waals surface area contributed by atoms with E-state index in [1.807, 2.05) is 6.07 Å². The summed E-state index contributed by atoms with van der Waals surface area (Å²) in [7, 11) is 1.69. The summed E-state index contributed by atoms with van der Waals surface area (Å²) >= 11 is 0. The van der Waals surface area contributed by atoms with Crippen LogP contribution >= 0.6 is 0 Å². The molecule has 1 saturated carbocycles. The number of nitrogens with one attached hydrogen (secondary N) is 1. The molecule has 104 valence electrons. The number of rotatable bonds is 4. The van der Waals surface area contributed by atoms with Gasteiger partial charge in [-0.2, -0.15) is 5.10 Å². The van der Waals surface area contributed by atoms with Crippen LogP contribution in [0.15, 0.2) is 30.3 Å². The molecule has 0 saturated heterocycles. The van der Waals surface area contributed by atoms with Crippen LogP contribution in [0.4, 0.5) is 4.39 Å². The number of H-pyrrole nitrogens is 1. The highest BCUT2D eigenvalue weighted by Crippen LogP contribution is 2.39. The van der Waals surface area contributed by atoms with Gasteiger partial charge in [-0.3, -0.25) is 9.89 Å². The van der Waals surface area contributed by atoms with Gasteiger partial charge in [-0.1, -0.05) is 12.1 Å². The molecule has 0 spiro atoms. The molecule has 0 aliphatic heterocycles. The lowest BCUT2D eigenvalue weighted by molar-refractivity contribution is 0.0779. The monoisotopic (exact) mass is 273 g/mol. The van der Waals surface area contributed by atoms with Crippen LogP contribution in [0.2, 0.25) is 0 Å². The van der Waals surface area contributed by atoms with Crippen LogP contribution in [0, 0.1) is 5.82 Å². The number of aromatic amines is 1. The molecule has 1 aromatic heterocycles. The maximum Gasteiger partial charge on any atom is 0.274 e. The molecule has 1 fully saturated rings. The molecule has 0 radical (unpaired) electrons. The minimum atomic E-state index is -0.292. The Kier molecular flexibility index (Phi) is 3.26. The molecule has 0 bridgehead atoms. The Morgan fingerprint density at radius 3 is 2.95 bits per heavy atom. The summed E-state index contributed by atoms with van der Waals surface area (Å²) in [5, 5.41) is 6.99. The number of carbonyl (C=O) groups excluding carboxylic acids is 1. The van der Waals surface area contributed by atoms with Gasteiger partial charge in [0.05, 0.1) is 0 Å². The highest BCUT2D eigenvalue weighted by Gasteiger charge is 2.27. The van der Waals surface area contributed by atoms with Crippen LogP contribution < -0.4 is 0 Å². The first-order valence-electron chi connectivity index (χ1n) is 6.68. The van der Waals surface area contributed by atoms with Crippen LogP contribution in [-0.4, -0.2) is 28.1 Å². The van der Waals surface area contributed by atoms with E-state index in [1.54, 1.807) is 24.1 Å². The van der Waals surface area contributed by atoms with E-state index in [0.717, 1.165) is 24.1 Å². The Labute approximate surface area is 116 Å². The molecule has 20 heavy (non-hydrogen) atoms. The van der Waals surface area contributed by atoms with Gasteiger partial charge in [-0.05, 0) is 36.6 Å². The lowest BCUT2D eigenvalue weighted by Crippen LogP contribution is -2.26. The third-order valence-electron chi connectivity index (χ3n) is 3.49. The summed E-state index contributed by atoms with van der Waals surface area (Å²) in [6, 6.07) is 8.09. The zero-order valence-corrected chi connectivity index (χ0v) is 11.3.